The van der Waals surface area contributed by atoms with Crippen molar-refractivity contribution in [2.75, 3.05) is 45.9 Å². The fraction of sp³-hybridized carbons (Fsp3) is 0.429. The largest absolute Gasteiger partial charge is 0.457 e. The van der Waals surface area contributed by atoms with Crippen molar-refractivity contribution < 1.29 is 18.7 Å². The van der Waals surface area contributed by atoms with Gasteiger partial charge in [0.15, 0.2) is 5.69 Å². The Morgan fingerprint density at radius 3 is 2.64 bits per heavy atom. The van der Waals surface area contributed by atoms with Crippen LogP contribution < -0.4 is 10.1 Å². The molecule has 0 aliphatic carbocycles. The minimum Gasteiger partial charge on any atom is -0.457 e. The minimum atomic E-state index is -0.204. The SMILES string of the molecule is CC(C)CNC(=O)c1coc(CN(CCN2CCOCC2)Cc2cccc(Oc3ccccc3)c2)n1. The Balaban J connectivity index is 1.42. The van der Waals surface area contributed by atoms with Gasteiger partial charge in [-0.2, -0.15) is 0 Å². The van der Waals surface area contributed by atoms with Gasteiger partial charge in [-0.3, -0.25) is 14.6 Å². The third-order valence-corrected chi connectivity index (χ3v) is 5.93. The molecule has 0 spiro atoms. The molecule has 0 radical (unpaired) electrons. The van der Waals surface area contributed by atoms with Crippen LogP contribution in [0.15, 0.2) is 65.3 Å². The molecule has 1 aliphatic rings. The zero-order valence-electron chi connectivity index (χ0n) is 21.2. The summed E-state index contributed by atoms with van der Waals surface area (Å²) in [6.07, 6.45) is 1.44. The molecule has 0 unspecified atom stereocenters. The van der Waals surface area contributed by atoms with Crippen LogP contribution in [0, 0.1) is 5.92 Å². The first-order valence-corrected chi connectivity index (χ1v) is 12.6. The second kappa shape index (κ2) is 13.2. The number of hydrogen-bond acceptors (Lipinski definition) is 7. The third-order valence-electron chi connectivity index (χ3n) is 5.93. The van der Waals surface area contributed by atoms with Crippen LogP contribution in [0.4, 0.5) is 0 Å². The number of hydrogen-bond donors (Lipinski definition) is 1. The first kappa shape index (κ1) is 25.9. The molecule has 2 heterocycles. The summed E-state index contributed by atoms with van der Waals surface area (Å²) in [5.74, 6) is 2.30. The lowest BCUT2D eigenvalue weighted by Gasteiger charge is -2.29. The van der Waals surface area contributed by atoms with Crippen LogP contribution >= 0.6 is 0 Å². The van der Waals surface area contributed by atoms with E-state index in [0.29, 0.717) is 37.1 Å². The number of morpholine rings is 1. The summed E-state index contributed by atoms with van der Waals surface area (Å²) in [5.41, 5.74) is 1.45. The van der Waals surface area contributed by atoms with Crippen LogP contribution in [0.2, 0.25) is 0 Å². The zero-order chi connectivity index (χ0) is 25.2. The predicted octanol–water partition coefficient (Wildman–Crippen LogP) is 4.19. The Morgan fingerprint density at radius 1 is 1.08 bits per heavy atom. The molecule has 1 aromatic heterocycles. The molecule has 4 rings (SSSR count). The van der Waals surface area contributed by atoms with E-state index in [1.54, 1.807) is 0 Å². The Kier molecular flexibility index (Phi) is 9.49. The van der Waals surface area contributed by atoms with Crippen molar-refractivity contribution in [3.8, 4) is 11.5 Å². The van der Waals surface area contributed by atoms with E-state index in [1.165, 1.54) is 6.26 Å². The van der Waals surface area contributed by atoms with Gasteiger partial charge in [0.05, 0.1) is 19.8 Å². The van der Waals surface area contributed by atoms with Gasteiger partial charge in [0.1, 0.15) is 17.8 Å². The minimum absolute atomic E-state index is 0.204. The van der Waals surface area contributed by atoms with Gasteiger partial charge in [-0.05, 0) is 35.7 Å². The molecule has 8 heteroatoms. The highest BCUT2D eigenvalue weighted by atomic mass is 16.5. The summed E-state index contributed by atoms with van der Waals surface area (Å²) >= 11 is 0. The molecule has 2 aromatic carbocycles. The second-order valence-corrected chi connectivity index (χ2v) is 9.46. The number of nitrogens with one attached hydrogen (secondary N) is 1. The van der Waals surface area contributed by atoms with E-state index >= 15 is 0 Å². The number of amides is 1. The van der Waals surface area contributed by atoms with Crippen LogP contribution in [-0.4, -0.2) is 66.6 Å². The Morgan fingerprint density at radius 2 is 1.86 bits per heavy atom. The van der Waals surface area contributed by atoms with Crippen molar-refractivity contribution in [1.29, 1.82) is 0 Å². The Bertz CT molecular complexity index is 1080. The van der Waals surface area contributed by atoms with E-state index < -0.39 is 0 Å². The lowest BCUT2D eigenvalue weighted by atomic mass is 10.2. The third kappa shape index (κ3) is 8.19. The quantitative estimate of drug-likeness (QED) is 0.406. The van der Waals surface area contributed by atoms with Crippen molar-refractivity contribution in [2.24, 2.45) is 5.92 Å². The van der Waals surface area contributed by atoms with Gasteiger partial charge in [-0.25, -0.2) is 4.98 Å². The number of oxazole rings is 1. The summed E-state index contributed by atoms with van der Waals surface area (Å²) in [7, 11) is 0. The maximum absolute atomic E-state index is 12.4. The van der Waals surface area contributed by atoms with Crippen LogP contribution in [-0.2, 0) is 17.8 Å². The molecule has 8 nitrogen and oxygen atoms in total. The van der Waals surface area contributed by atoms with Crippen LogP contribution in [0.1, 0.15) is 35.8 Å². The van der Waals surface area contributed by atoms with Crippen molar-refractivity contribution >= 4 is 5.91 Å². The maximum atomic E-state index is 12.4. The molecule has 0 bridgehead atoms. The van der Waals surface area contributed by atoms with Gasteiger partial charge >= 0.3 is 0 Å². The number of nitrogens with zero attached hydrogens (tertiary/aromatic N) is 3. The molecule has 36 heavy (non-hydrogen) atoms. The standard InChI is InChI=1S/C28H36N4O4/c1-22(2)18-29-28(33)26-21-35-27(30-26)20-32(12-11-31-13-15-34-16-14-31)19-23-7-6-10-25(17-23)36-24-8-4-3-5-9-24/h3-10,17,21-22H,11-16,18-20H2,1-2H3,(H,29,33). The molecule has 1 amide bonds. The number of para-hydroxylation sites is 1. The highest BCUT2D eigenvalue weighted by Crippen LogP contribution is 2.23. The summed E-state index contributed by atoms with van der Waals surface area (Å²) in [6.45, 7) is 11.1. The molecule has 3 aromatic rings. The van der Waals surface area contributed by atoms with E-state index in [-0.39, 0.29) is 5.91 Å². The normalized spacial score (nSPS) is 14.3. The number of aromatic nitrogens is 1. The molecular formula is C28H36N4O4. The Hall–Kier alpha value is -3.20. The topological polar surface area (TPSA) is 80.1 Å². The molecule has 0 saturated carbocycles. The average Bonchev–Trinajstić information content (AvgIpc) is 3.36. The van der Waals surface area contributed by atoms with E-state index in [1.807, 2.05) is 42.5 Å². The van der Waals surface area contributed by atoms with E-state index in [9.17, 15) is 4.79 Å². The van der Waals surface area contributed by atoms with E-state index in [2.05, 4.69) is 46.1 Å². The summed E-state index contributed by atoms with van der Waals surface area (Å²) < 4.78 is 17.2. The molecule has 1 N–H and O–H groups in total. The summed E-state index contributed by atoms with van der Waals surface area (Å²) in [5, 5.41) is 2.89. The predicted molar refractivity (Wildman–Crippen MR) is 138 cm³/mol. The van der Waals surface area contributed by atoms with Gasteiger partial charge in [0.2, 0.25) is 5.89 Å². The molecule has 1 fully saturated rings. The average molecular weight is 493 g/mol. The molecular weight excluding hydrogens is 456 g/mol. The van der Waals surface area contributed by atoms with Gasteiger partial charge in [-0.1, -0.05) is 44.2 Å². The smallest absolute Gasteiger partial charge is 0.273 e. The fourth-order valence-electron chi connectivity index (χ4n) is 3.98. The van der Waals surface area contributed by atoms with E-state index in [0.717, 1.165) is 56.5 Å². The van der Waals surface area contributed by atoms with Crippen LogP contribution in [0.25, 0.3) is 0 Å². The fourth-order valence-corrected chi connectivity index (χ4v) is 3.98. The van der Waals surface area contributed by atoms with Gasteiger partial charge in [-0.15, -0.1) is 0 Å². The van der Waals surface area contributed by atoms with Crippen molar-refractivity contribution in [3.63, 3.8) is 0 Å². The van der Waals surface area contributed by atoms with Gasteiger partial charge < -0.3 is 19.2 Å². The lowest BCUT2D eigenvalue weighted by Crippen LogP contribution is -2.41. The monoisotopic (exact) mass is 492 g/mol. The zero-order valence-corrected chi connectivity index (χ0v) is 21.2. The number of rotatable bonds is 12. The van der Waals surface area contributed by atoms with E-state index in [4.69, 9.17) is 13.9 Å². The number of carbonyl (C=O) groups excluding carboxylic acids is 1. The molecule has 1 aliphatic heterocycles. The van der Waals surface area contributed by atoms with Crippen molar-refractivity contribution in [3.05, 3.63) is 78.0 Å². The highest BCUT2D eigenvalue weighted by Gasteiger charge is 2.18. The van der Waals surface area contributed by atoms with Crippen LogP contribution in [0.3, 0.4) is 0 Å². The molecule has 192 valence electrons. The van der Waals surface area contributed by atoms with Crippen LogP contribution in [0.5, 0.6) is 11.5 Å². The lowest BCUT2D eigenvalue weighted by molar-refractivity contribution is 0.0320. The van der Waals surface area contributed by atoms with Gasteiger partial charge in [0.25, 0.3) is 5.91 Å². The number of ether oxygens (including phenoxy) is 2. The molecule has 0 atom stereocenters. The van der Waals surface area contributed by atoms with Crippen molar-refractivity contribution in [1.82, 2.24) is 20.1 Å². The first-order valence-electron chi connectivity index (χ1n) is 12.6. The second-order valence-electron chi connectivity index (χ2n) is 9.46. The van der Waals surface area contributed by atoms with Crippen molar-refractivity contribution in [2.45, 2.75) is 26.9 Å². The summed E-state index contributed by atoms with van der Waals surface area (Å²) in [4.78, 5) is 21.5. The number of carbonyl (C=O) groups is 1. The first-order chi connectivity index (χ1) is 17.5. The number of benzene rings is 2. The Labute approximate surface area is 213 Å². The summed E-state index contributed by atoms with van der Waals surface area (Å²) in [6, 6.07) is 17.9. The molecule has 1 saturated heterocycles. The highest BCUT2D eigenvalue weighted by molar-refractivity contribution is 5.91. The maximum Gasteiger partial charge on any atom is 0.273 e. The van der Waals surface area contributed by atoms with Gasteiger partial charge in [0, 0.05) is 39.3 Å².